The summed E-state index contributed by atoms with van der Waals surface area (Å²) in [5.41, 5.74) is 12.6. The highest BCUT2D eigenvalue weighted by Gasteiger charge is 2.46. The maximum Gasteiger partial charge on any atom is 0.128 e. The first-order valence-electron chi connectivity index (χ1n) is 7.41. The summed E-state index contributed by atoms with van der Waals surface area (Å²) in [6.45, 7) is 2.03. The number of hydrazine groups is 1. The SMILES string of the molecule is Cc1cnc(N)c(C(NN)C2(c3ccccc3)CCC2)c1. The third-order valence-electron chi connectivity index (χ3n) is 4.71. The van der Waals surface area contributed by atoms with E-state index in [0.29, 0.717) is 5.82 Å². The van der Waals surface area contributed by atoms with Crippen molar-refractivity contribution in [1.29, 1.82) is 0 Å². The molecule has 2 aromatic rings. The summed E-state index contributed by atoms with van der Waals surface area (Å²) in [6.07, 6.45) is 5.23. The van der Waals surface area contributed by atoms with Crippen LogP contribution < -0.4 is 17.0 Å². The van der Waals surface area contributed by atoms with E-state index in [2.05, 4.69) is 40.7 Å². The monoisotopic (exact) mass is 282 g/mol. The molecule has 5 N–H and O–H groups in total. The predicted molar refractivity (Wildman–Crippen MR) is 85.4 cm³/mol. The molecular weight excluding hydrogens is 260 g/mol. The van der Waals surface area contributed by atoms with Crippen molar-refractivity contribution < 1.29 is 0 Å². The summed E-state index contributed by atoms with van der Waals surface area (Å²) >= 11 is 0. The first-order valence-corrected chi connectivity index (χ1v) is 7.41. The van der Waals surface area contributed by atoms with Crippen LogP contribution in [0.4, 0.5) is 5.82 Å². The van der Waals surface area contributed by atoms with Crippen LogP contribution in [0.25, 0.3) is 0 Å². The number of nitrogen functional groups attached to an aromatic ring is 1. The van der Waals surface area contributed by atoms with Gasteiger partial charge in [-0.05, 0) is 37.0 Å². The summed E-state index contributed by atoms with van der Waals surface area (Å²) in [6, 6.07) is 12.7. The fourth-order valence-electron chi connectivity index (χ4n) is 3.45. The molecule has 1 aliphatic rings. The molecule has 4 nitrogen and oxygen atoms in total. The van der Waals surface area contributed by atoms with Crippen molar-refractivity contribution in [3.63, 3.8) is 0 Å². The molecule has 110 valence electrons. The molecule has 1 aliphatic carbocycles. The number of anilines is 1. The molecule has 1 unspecified atom stereocenters. The van der Waals surface area contributed by atoms with E-state index in [4.69, 9.17) is 11.6 Å². The Bertz CT molecular complexity index is 620. The molecule has 1 heterocycles. The standard InChI is InChI=1S/C17H22N4/c1-12-10-14(16(18)20-11-12)15(21-19)17(8-5-9-17)13-6-3-2-4-7-13/h2-4,6-7,10-11,15,21H,5,8-9,19H2,1H3,(H2,18,20). The smallest absolute Gasteiger partial charge is 0.128 e. The molecule has 0 radical (unpaired) electrons. The van der Waals surface area contributed by atoms with E-state index in [9.17, 15) is 0 Å². The van der Waals surface area contributed by atoms with E-state index in [1.165, 1.54) is 12.0 Å². The number of pyridine rings is 1. The van der Waals surface area contributed by atoms with E-state index in [1.807, 2.05) is 13.0 Å². The van der Waals surface area contributed by atoms with Crippen molar-refractivity contribution in [2.45, 2.75) is 37.6 Å². The van der Waals surface area contributed by atoms with Gasteiger partial charge in [-0.3, -0.25) is 11.3 Å². The van der Waals surface area contributed by atoms with Gasteiger partial charge in [-0.15, -0.1) is 0 Å². The average molecular weight is 282 g/mol. The van der Waals surface area contributed by atoms with Gasteiger partial charge in [0.2, 0.25) is 0 Å². The van der Waals surface area contributed by atoms with Crippen molar-refractivity contribution in [3.05, 3.63) is 59.3 Å². The van der Waals surface area contributed by atoms with Gasteiger partial charge in [-0.1, -0.05) is 36.8 Å². The number of nitrogens with zero attached hydrogens (tertiary/aromatic N) is 1. The molecule has 4 heteroatoms. The van der Waals surface area contributed by atoms with E-state index in [0.717, 1.165) is 24.0 Å². The molecule has 1 aromatic heterocycles. The fourth-order valence-corrected chi connectivity index (χ4v) is 3.45. The van der Waals surface area contributed by atoms with Crippen LogP contribution in [0.15, 0.2) is 42.6 Å². The largest absolute Gasteiger partial charge is 0.383 e. The second-order valence-corrected chi connectivity index (χ2v) is 5.96. The first kappa shape index (κ1) is 14.0. The molecule has 21 heavy (non-hydrogen) atoms. The zero-order valence-electron chi connectivity index (χ0n) is 12.3. The number of benzene rings is 1. The summed E-state index contributed by atoms with van der Waals surface area (Å²) in [4.78, 5) is 4.30. The van der Waals surface area contributed by atoms with Crippen LogP contribution in [0.2, 0.25) is 0 Å². The van der Waals surface area contributed by atoms with Crippen LogP contribution in [0.5, 0.6) is 0 Å². The maximum absolute atomic E-state index is 6.11. The molecule has 3 rings (SSSR count). The van der Waals surface area contributed by atoms with E-state index in [1.54, 1.807) is 6.20 Å². The second kappa shape index (κ2) is 5.47. The molecule has 1 fully saturated rings. The Hall–Kier alpha value is -1.91. The predicted octanol–water partition coefficient (Wildman–Crippen LogP) is 2.60. The van der Waals surface area contributed by atoms with Gasteiger partial charge >= 0.3 is 0 Å². The van der Waals surface area contributed by atoms with Gasteiger partial charge in [0.05, 0.1) is 6.04 Å². The molecular formula is C17H22N4. The normalized spacial score (nSPS) is 18.0. The molecule has 1 aromatic carbocycles. The fraction of sp³-hybridized carbons (Fsp3) is 0.353. The van der Waals surface area contributed by atoms with Gasteiger partial charge in [-0.2, -0.15) is 0 Å². The third kappa shape index (κ3) is 2.30. The number of nitrogens with one attached hydrogen (secondary N) is 1. The summed E-state index contributed by atoms with van der Waals surface area (Å²) in [7, 11) is 0. The molecule has 0 aliphatic heterocycles. The second-order valence-electron chi connectivity index (χ2n) is 5.96. The van der Waals surface area contributed by atoms with Crippen molar-refractivity contribution in [1.82, 2.24) is 10.4 Å². The lowest BCUT2D eigenvalue weighted by atomic mass is 9.59. The Labute approximate surface area is 125 Å². The zero-order chi connectivity index (χ0) is 14.9. The topological polar surface area (TPSA) is 77.0 Å². The van der Waals surface area contributed by atoms with Gasteiger partial charge in [-0.25, -0.2) is 4.98 Å². The van der Waals surface area contributed by atoms with Crippen LogP contribution >= 0.6 is 0 Å². The molecule has 0 bridgehead atoms. The molecule has 0 saturated heterocycles. The number of hydrogen-bond acceptors (Lipinski definition) is 4. The highest BCUT2D eigenvalue weighted by atomic mass is 15.2. The highest BCUT2D eigenvalue weighted by Crippen LogP contribution is 2.52. The third-order valence-corrected chi connectivity index (χ3v) is 4.71. The Kier molecular flexibility index (Phi) is 3.66. The number of aromatic nitrogens is 1. The molecule has 1 saturated carbocycles. The lowest BCUT2D eigenvalue weighted by molar-refractivity contribution is 0.170. The summed E-state index contributed by atoms with van der Waals surface area (Å²) in [5.74, 6) is 6.48. The minimum Gasteiger partial charge on any atom is -0.383 e. The van der Waals surface area contributed by atoms with Crippen LogP contribution in [-0.4, -0.2) is 4.98 Å². The summed E-state index contributed by atoms with van der Waals surface area (Å²) < 4.78 is 0. The molecule has 1 atom stereocenters. The van der Waals surface area contributed by atoms with E-state index < -0.39 is 0 Å². The van der Waals surface area contributed by atoms with Crippen molar-refractivity contribution in [2.75, 3.05) is 5.73 Å². The molecule has 0 amide bonds. The lowest BCUT2D eigenvalue weighted by Crippen LogP contribution is -2.49. The van der Waals surface area contributed by atoms with Crippen molar-refractivity contribution in [3.8, 4) is 0 Å². The minimum atomic E-state index is -0.0129. The van der Waals surface area contributed by atoms with Crippen LogP contribution in [0, 0.1) is 6.92 Å². The Morgan fingerprint density at radius 3 is 2.52 bits per heavy atom. The number of rotatable bonds is 4. The van der Waals surface area contributed by atoms with Crippen molar-refractivity contribution >= 4 is 5.82 Å². The maximum atomic E-state index is 6.11. The number of aryl methyl sites for hydroxylation is 1. The Morgan fingerprint density at radius 2 is 1.95 bits per heavy atom. The Morgan fingerprint density at radius 1 is 1.24 bits per heavy atom. The molecule has 0 spiro atoms. The van der Waals surface area contributed by atoms with Crippen LogP contribution in [0.3, 0.4) is 0 Å². The van der Waals surface area contributed by atoms with Gasteiger partial charge in [0.15, 0.2) is 0 Å². The average Bonchev–Trinajstić information content (AvgIpc) is 2.46. The van der Waals surface area contributed by atoms with Crippen molar-refractivity contribution in [2.24, 2.45) is 5.84 Å². The first-order chi connectivity index (χ1) is 10.2. The quantitative estimate of drug-likeness (QED) is 0.595. The van der Waals surface area contributed by atoms with E-state index in [-0.39, 0.29) is 11.5 Å². The van der Waals surface area contributed by atoms with Crippen LogP contribution in [0.1, 0.15) is 42.0 Å². The Balaban J connectivity index is 2.08. The zero-order valence-corrected chi connectivity index (χ0v) is 12.3. The van der Waals surface area contributed by atoms with E-state index >= 15 is 0 Å². The van der Waals surface area contributed by atoms with Gasteiger partial charge in [0.25, 0.3) is 0 Å². The van der Waals surface area contributed by atoms with Gasteiger partial charge < -0.3 is 5.73 Å². The number of hydrogen-bond donors (Lipinski definition) is 3. The summed E-state index contributed by atoms with van der Waals surface area (Å²) in [5, 5.41) is 0. The lowest BCUT2D eigenvalue weighted by Gasteiger charge is -2.48. The minimum absolute atomic E-state index is 0.0129. The number of nitrogens with two attached hydrogens (primary N) is 2. The van der Waals surface area contributed by atoms with Gasteiger partial charge in [0.1, 0.15) is 5.82 Å². The van der Waals surface area contributed by atoms with Gasteiger partial charge in [0, 0.05) is 17.2 Å². The highest BCUT2D eigenvalue weighted by molar-refractivity contribution is 5.47. The van der Waals surface area contributed by atoms with Crippen LogP contribution in [-0.2, 0) is 5.41 Å².